The van der Waals surface area contributed by atoms with E-state index in [2.05, 4.69) is 26.0 Å². The molecule has 24 heavy (non-hydrogen) atoms. The third-order valence-electron chi connectivity index (χ3n) is 3.37. The molecule has 0 fully saturated rings. The van der Waals surface area contributed by atoms with Crippen molar-refractivity contribution in [2.75, 3.05) is 13.6 Å². The highest BCUT2D eigenvalue weighted by Gasteiger charge is 2.17. The van der Waals surface area contributed by atoms with E-state index in [1.54, 1.807) is 12.1 Å². The minimum absolute atomic E-state index is 0.0110. The Hall–Kier alpha value is -1.77. The quantitative estimate of drug-likeness (QED) is 0.761. The molecule has 0 heterocycles. The van der Waals surface area contributed by atoms with Crippen LogP contribution in [-0.2, 0) is 16.4 Å². The molecule has 2 rings (SSSR count). The first-order valence-corrected chi connectivity index (χ1v) is 9.37. The third kappa shape index (κ3) is 4.62. The van der Waals surface area contributed by atoms with Gasteiger partial charge in [0.15, 0.2) is 0 Å². The van der Waals surface area contributed by atoms with E-state index in [4.69, 9.17) is 0 Å². The van der Waals surface area contributed by atoms with Crippen molar-refractivity contribution in [3.05, 3.63) is 63.9 Å². The van der Waals surface area contributed by atoms with Gasteiger partial charge in [0.05, 0.1) is 10.5 Å². The molecule has 2 aromatic carbocycles. The van der Waals surface area contributed by atoms with Crippen molar-refractivity contribution in [3.63, 3.8) is 0 Å². The average molecular weight is 415 g/mol. The lowest BCUT2D eigenvalue weighted by molar-refractivity contribution is 0.0953. The molecule has 0 aromatic heterocycles. The highest BCUT2D eigenvalue weighted by atomic mass is 79.9. The average Bonchev–Trinajstić information content (AvgIpc) is 2.56. The van der Waals surface area contributed by atoms with Gasteiger partial charge in [0.2, 0.25) is 10.0 Å². The molecule has 0 saturated heterocycles. The van der Waals surface area contributed by atoms with Crippen LogP contribution in [0.4, 0.5) is 4.39 Å². The van der Waals surface area contributed by atoms with Crippen LogP contribution >= 0.6 is 15.9 Å². The summed E-state index contributed by atoms with van der Waals surface area (Å²) in [5.74, 6) is -0.702. The summed E-state index contributed by atoms with van der Waals surface area (Å²) in [6, 6.07) is 10.3. The monoisotopic (exact) mass is 414 g/mol. The summed E-state index contributed by atoms with van der Waals surface area (Å²) in [4.78, 5) is 12.3. The molecule has 128 valence electrons. The fraction of sp³-hybridized carbons (Fsp3) is 0.188. The first-order chi connectivity index (χ1) is 11.3. The van der Waals surface area contributed by atoms with Gasteiger partial charge in [-0.25, -0.2) is 17.5 Å². The predicted molar refractivity (Wildman–Crippen MR) is 92.8 cm³/mol. The Morgan fingerprint density at radius 1 is 1.17 bits per heavy atom. The summed E-state index contributed by atoms with van der Waals surface area (Å²) in [6.45, 7) is 0.347. The summed E-state index contributed by atoms with van der Waals surface area (Å²) in [5, 5.41) is 2.72. The lowest BCUT2D eigenvalue weighted by atomic mass is 10.1. The first kappa shape index (κ1) is 18.6. The number of carbonyl (C=O) groups excluding carboxylic acids is 1. The summed E-state index contributed by atoms with van der Waals surface area (Å²) < 4.78 is 39.2. The van der Waals surface area contributed by atoms with E-state index in [1.807, 2.05) is 0 Å². The van der Waals surface area contributed by atoms with Crippen LogP contribution in [0, 0.1) is 5.82 Å². The number of benzene rings is 2. The van der Waals surface area contributed by atoms with Gasteiger partial charge in [-0.3, -0.25) is 4.79 Å². The Labute approximate surface area is 148 Å². The molecule has 2 N–H and O–H groups in total. The van der Waals surface area contributed by atoms with Crippen molar-refractivity contribution in [3.8, 4) is 0 Å². The molecule has 0 atom stereocenters. The number of halogens is 2. The SMILES string of the molecule is CNS(=O)(=O)c1ccc(Br)c(C(=O)NCCc2ccc(F)cc2)c1. The van der Waals surface area contributed by atoms with E-state index in [1.165, 1.54) is 37.4 Å². The van der Waals surface area contributed by atoms with Crippen LogP contribution in [-0.4, -0.2) is 27.9 Å². The minimum atomic E-state index is -3.62. The first-order valence-electron chi connectivity index (χ1n) is 7.09. The molecule has 8 heteroatoms. The topological polar surface area (TPSA) is 75.3 Å². The Morgan fingerprint density at radius 2 is 1.83 bits per heavy atom. The van der Waals surface area contributed by atoms with Gasteiger partial charge >= 0.3 is 0 Å². The van der Waals surface area contributed by atoms with Gasteiger partial charge in [-0.1, -0.05) is 12.1 Å². The maximum atomic E-state index is 12.8. The van der Waals surface area contributed by atoms with Crippen molar-refractivity contribution in [1.29, 1.82) is 0 Å². The van der Waals surface area contributed by atoms with Gasteiger partial charge in [-0.05, 0) is 65.3 Å². The maximum absolute atomic E-state index is 12.8. The second-order valence-corrected chi connectivity index (χ2v) is 7.72. The van der Waals surface area contributed by atoms with Gasteiger partial charge in [0.1, 0.15) is 5.82 Å². The normalized spacial score (nSPS) is 11.3. The Balaban J connectivity index is 2.06. The second kappa shape index (κ2) is 7.87. The molecule has 0 radical (unpaired) electrons. The molecule has 0 aliphatic carbocycles. The standard InChI is InChI=1S/C16H16BrFN2O3S/c1-19-24(22,23)13-6-7-15(17)14(10-13)16(21)20-9-8-11-2-4-12(18)5-3-11/h2-7,10,19H,8-9H2,1H3,(H,20,21). The fourth-order valence-corrected chi connectivity index (χ4v) is 3.21. The molecule has 0 unspecified atom stereocenters. The van der Waals surface area contributed by atoms with E-state index in [9.17, 15) is 17.6 Å². The lowest BCUT2D eigenvalue weighted by Crippen LogP contribution is -2.26. The van der Waals surface area contributed by atoms with Gasteiger partial charge in [-0.2, -0.15) is 0 Å². The summed E-state index contributed by atoms with van der Waals surface area (Å²) in [7, 11) is -2.32. The molecule has 0 spiro atoms. The highest BCUT2D eigenvalue weighted by Crippen LogP contribution is 2.21. The zero-order valence-corrected chi connectivity index (χ0v) is 15.2. The number of rotatable bonds is 6. The number of hydrogen-bond donors (Lipinski definition) is 2. The lowest BCUT2D eigenvalue weighted by Gasteiger charge is -2.09. The Morgan fingerprint density at radius 3 is 2.46 bits per heavy atom. The number of sulfonamides is 1. The van der Waals surface area contributed by atoms with Crippen LogP contribution in [0.25, 0.3) is 0 Å². The van der Waals surface area contributed by atoms with E-state index >= 15 is 0 Å². The molecule has 2 aromatic rings. The van der Waals surface area contributed by atoms with Gasteiger partial charge in [-0.15, -0.1) is 0 Å². The van der Waals surface area contributed by atoms with E-state index in [0.717, 1.165) is 5.56 Å². The molecule has 0 aliphatic heterocycles. The molecule has 0 aliphatic rings. The molecular formula is C16H16BrFN2O3S. The van der Waals surface area contributed by atoms with Crippen LogP contribution in [0.1, 0.15) is 15.9 Å². The van der Waals surface area contributed by atoms with Crippen molar-refractivity contribution >= 4 is 31.9 Å². The molecule has 1 amide bonds. The van der Waals surface area contributed by atoms with Crippen molar-refractivity contribution < 1.29 is 17.6 Å². The van der Waals surface area contributed by atoms with E-state index in [0.29, 0.717) is 17.4 Å². The number of carbonyl (C=O) groups is 1. The second-order valence-electron chi connectivity index (χ2n) is 4.98. The number of nitrogens with one attached hydrogen (secondary N) is 2. The number of hydrogen-bond acceptors (Lipinski definition) is 3. The van der Waals surface area contributed by atoms with Crippen LogP contribution in [0.3, 0.4) is 0 Å². The molecular weight excluding hydrogens is 399 g/mol. The molecule has 0 saturated carbocycles. The summed E-state index contributed by atoms with van der Waals surface area (Å²) >= 11 is 3.25. The Kier molecular flexibility index (Phi) is 6.09. The minimum Gasteiger partial charge on any atom is -0.352 e. The summed E-state index contributed by atoms with van der Waals surface area (Å²) in [6.07, 6.45) is 0.540. The van der Waals surface area contributed by atoms with Crippen LogP contribution < -0.4 is 10.0 Å². The van der Waals surface area contributed by atoms with Crippen LogP contribution in [0.2, 0.25) is 0 Å². The maximum Gasteiger partial charge on any atom is 0.252 e. The molecule has 0 bridgehead atoms. The zero-order valence-electron chi connectivity index (χ0n) is 12.8. The molecule has 5 nitrogen and oxygen atoms in total. The van der Waals surface area contributed by atoms with E-state index in [-0.39, 0.29) is 16.3 Å². The third-order valence-corrected chi connectivity index (χ3v) is 5.48. The fourth-order valence-electron chi connectivity index (χ4n) is 2.03. The summed E-state index contributed by atoms with van der Waals surface area (Å²) in [5.41, 5.74) is 1.12. The van der Waals surface area contributed by atoms with Gasteiger partial charge in [0, 0.05) is 11.0 Å². The van der Waals surface area contributed by atoms with Crippen molar-refractivity contribution in [1.82, 2.24) is 10.0 Å². The Bertz CT molecular complexity index is 839. The smallest absolute Gasteiger partial charge is 0.252 e. The predicted octanol–water partition coefficient (Wildman–Crippen LogP) is 2.47. The van der Waals surface area contributed by atoms with E-state index < -0.39 is 15.9 Å². The van der Waals surface area contributed by atoms with Crippen molar-refractivity contribution in [2.45, 2.75) is 11.3 Å². The number of amides is 1. The highest BCUT2D eigenvalue weighted by molar-refractivity contribution is 9.10. The largest absolute Gasteiger partial charge is 0.352 e. The van der Waals surface area contributed by atoms with Crippen LogP contribution in [0.15, 0.2) is 51.8 Å². The van der Waals surface area contributed by atoms with Crippen molar-refractivity contribution in [2.24, 2.45) is 0 Å². The van der Waals surface area contributed by atoms with Crippen LogP contribution in [0.5, 0.6) is 0 Å². The van der Waals surface area contributed by atoms with Gasteiger partial charge in [0.25, 0.3) is 5.91 Å². The zero-order chi connectivity index (χ0) is 17.7. The van der Waals surface area contributed by atoms with Gasteiger partial charge < -0.3 is 5.32 Å².